The van der Waals surface area contributed by atoms with Crippen molar-refractivity contribution in [1.82, 2.24) is 4.90 Å². The zero-order valence-electron chi connectivity index (χ0n) is 18.6. The van der Waals surface area contributed by atoms with Crippen LogP contribution in [0, 0.1) is 5.82 Å². The van der Waals surface area contributed by atoms with E-state index in [1.807, 2.05) is 0 Å². The average molecular weight is 524 g/mol. The Kier molecular flexibility index (Phi) is 6.34. The molecule has 1 heterocycles. The van der Waals surface area contributed by atoms with Gasteiger partial charge in [-0.1, -0.05) is 54.6 Å². The molecular weight excluding hydrogens is 502 g/mol. The van der Waals surface area contributed by atoms with E-state index in [0.717, 1.165) is 65.6 Å². The predicted molar refractivity (Wildman–Crippen MR) is 121 cm³/mol. The highest BCUT2D eigenvalue weighted by Crippen LogP contribution is 2.47. The molecule has 1 aliphatic rings. The van der Waals surface area contributed by atoms with Gasteiger partial charge in [0.15, 0.2) is 9.84 Å². The molecule has 2 unspecified atom stereocenters. The molecule has 0 saturated carbocycles. The van der Waals surface area contributed by atoms with Crippen LogP contribution in [0.5, 0.6) is 0 Å². The van der Waals surface area contributed by atoms with Crippen molar-refractivity contribution < 1.29 is 41.0 Å². The molecule has 4 rings (SSSR count). The van der Waals surface area contributed by atoms with Crippen molar-refractivity contribution >= 4 is 15.9 Å². The quantitative estimate of drug-likeness (QED) is 0.374. The number of nitrogens with zero attached hydrogens (tertiary/aromatic N) is 1. The third-order valence-corrected chi connectivity index (χ3v) is 9.06. The first kappa shape index (κ1) is 25.6. The molecule has 1 fully saturated rings. The van der Waals surface area contributed by atoms with Crippen LogP contribution in [0.1, 0.15) is 23.1 Å². The molecule has 11 heteroatoms. The molecule has 36 heavy (non-hydrogen) atoms. The fourth-order valence-corrected chi connectivity index (χ4v) is 6.66. The molecule has 2 N–H and O–H groups in total. The molecule has 1 saturated heterocycles. The van der Waals surface area contributed by atoms with Crippen LogP contribution < -0.4 is 0 Å². The van der Waals surface area contributed by atoms with Gasteiger partial charge in [0, 0.05) is 13.1 Å². The number of alkyl halides is 3. The molecular formula is C25H21F4NO5S. The molecule has 3 aromatic rings. The summed E-state index contributed by atoms with van der Waals surface area (Å²) in [5.74, 6) is -0.668. The second-order valence-corrected chi connectivity index (χ2v) is 10.8. The van der Waals surface area contributed by atoms with E-state index in [4.69, 9.17) is 0 Å². The lowest BCUT2D eigenvalue weighted by Crippen LogP contribution is -2.43. The summed E-state index contributed by atoms with van der Waals surface area (Å²) in [5, 5.41) is 20.3. The van der Waals surface area contributed by atoms with Gasteiger partial charge in [-0.05, 0) is 47.4 Å². The van der Waals surface area contributed by atoms with E-state index in [1.54, 1.807) is 0 Å². The minimum Gasteiger partial charge on any atom is -0.465 e. The summed E-state index contributed by atoms with van der Waals surface area (Å²) >= 11 is 0. The lowest BCUT2D eigenvalue weighted by atomic mass is 9.84. The SMILES string of the molecule is O=C(O)N1CCC(c2ccc(C(O)(c3ccccc3)C(F)(F)F)cc2)(S(=O)(=O)c2ccc(F)cc2)C1. The Balaban J connectivity index is 1.85. The van der Waals surface area contributed by atoms with Crippen LogP contribution in [0.2, 0.25) is 0 Å². The number of hydrogen-bond donors (Lipinski definition) is 2. The van der Waals surface area contributed by atoms with Crippen molar-refractivity contribution in [2.45, 2.75) is 27.8 Å². The van der Waals surface area contributed by atoms with Gasteiger partial charge in [0.1, 0.15) is 10.6 Å². The smallest absolute Gasteiger partial charge is 0.425 e. The Morgan fingerprint density at radius 1 is 0.889 bits per heavy atom. The normalized spacial score (nSPS) is 20.2. The number of aliphatic hydroxyl groups is 1. The van der Waals surface area contributed by atoms with Gasteiger partial charge in [0.05, 0.1) is 4.90 Å². The Hall–Kier alpha value is -3.44. The number of sulfone groups is 1. The topological polar surface area (TPSA) is 94.9 Å². The maximum atomic E-state index is 14.1. The molecule has 0 spiro atoms. The third kappa shape index (κ3) is 4.01. The van der Waals surface area contributed by atoms with Gasteiger partial charge in [-0.3, -0.25) is 0 Å². The van der Waals surface area contributed by atoms with Crippen LogP contribution in [0.4, 0.5) is 22.4 Å². The van der Waals surface area contributed by atoms with Crippen molar-refractivity contribution in [1.29, 1.82) is 0 Å². The highest BCUT2D eigenvalue weighted by atomic mass is 32.2. The van der Waals surface area contributed by atoms with Crippen molar-refractivity contribution in [3.05, 3.63) is 101 Å². The Labute approximate surface area is 204 Å². The van der Waals surface area contributed by atoms with Gasteiger partial charge in [0.2, 0.25) is 5.60 Å². The number of carboxylic acid groups (broad SMARTS) is 1. The summed E-state index contributed by atoms with van der Waals surface area (Å²) < 4.78 is 81.3. The minimum absolute atomic E-state index is 0.0527. The first-order valence-corrected chi connectivity index (χ1v) is 12.2. The van der Waals surface area contributed by atoms with Crippen molar-refractivity contribution in [2.75, 3.05) is 13.1 Å². The maximum Gasteiger partial charge on any atom is 0.425 e. The van der Waals surface area contributed by atoms with Gasteiger partial charge in [0.25, 0.3) is 0 Å². The van der Waals surface area contributed by atoms with E-state index >= 15 is 0 Å². The second-order valence-electron chi connectivity index (χ2n) is 8.56. The molecule has 2 atom stereocenters. The summed E-state index contributed by atoms with van der Waals surface area (Å²) in [6.45, 7) is -0.600. The molecule has 0 radical (unpaired) electrons. The number of amides is 1. The summed E-state index contributed by atoms with van der Waals surface area (Å²) in [6.07, 6.45) is -6.61. The summed E-state index contributed by atoms with van der Waals surface area (Å²) in [4.78, 5) is 12.3. The van der Waals surface area contributed by atoms with Crippen molar-refractivity contribution in [3.8, 4) is 0 Å². The number of benzene rings is 3. The first-order valence-electron chi connectivity index (χ1n) is 10.8. The van der Waals surface area contributed by atoms with Crippen LogP contribution in [-0.4, -0.2) is 48.9 Å². The highest BCUT2D eigenvalue weighted by molar-refractivity contribution is 7.92. The third-order valence-electron chi connectivity index (χ3n) is 6.57. The van der Waals surface area contributed by atoms with Gasteiger partial charge in [-0.25, -0.2) is 17.6 Å². The Morgan fingerprint density at radius 2 is 1.44 bits per heavy atom. The molecule has 0 aromatic heterocycles. The number of rotatable bonds is 5. The van der Waals surface area contributed by atoms with Gasteiger partial charge < -0.3 is 15.1 Å². The van der Waals surface area contributed by atoms with Gasteiger partial charge >= 0.3 is 12.3 Å². The summed E-state index contributed by atoms with van der Waals surface area (Å²) in [7, 11) is -4.32. The van der Waals surface area contributed by atoms with Gasteiger partial charge in [-0.15, -0.1) is 0 Å². The molecule has 0 aliphatic carbocycles. The minimum atomic E-state index is -5.10. The van der Waals surface area contributed by atoms with Crippen LogP contribution in [0.25, 0.3) is 0 Å². The zero-order chi connectivity index (χ0) is 26.4. The first-order chi connectivity index (χ1) is 16.8. The van der Waals surface area contributed by atoms with E-state index in [-0.39, 0.29) is 23.4 Å². The molecule has 6 nitrogen and oxygen atoms in total. The summed E-state index contributed by atoms with van der Waals surface area (Å²) in [5.41, 5.74) is -4.26. The largest absolute Gasteiger partial charge is 0.465 e. The van der Waals surface area contributed by atoms with E-state index < -0.39 is 55.9 Å². The Morgan fingerprint density at radius 3 is 1.94 bits per heavy atom. The fraction of sp³-hybridized carbons (Fsp3) is 0.240. The van der Waals surface area contributed by atoms with Crippen molar-refractivity contribution in [2.24, 2.45) is 0 Å². The lowest BCUT2D eigenvalue weighted by molar-refractivity contribution is -0.248. The van der Waals surface area contributed by atoms with Crippen LogP contribution >= 0.6 is 0 Å². The number of carbonyl (C=O) groups is 1. The van der Waals surface area contributed by atoms with Crippen LogP contribution in [-0.2, 0) is 20.2 Å². The monoisotopic (exact) mass is 523 g/mol. The average Bonchev–Trinajstić information content (AvgIpc) is 3.32. The molecule has 0 bridgehead atoms. The number of hydrogen-bond acceptors (Lipinski definition) is 4. The predicted octanol–water partition coefficient (Wildman–Crippen LogP) is 4.68. The number of likely N-dealkylation sites (tertiary alicyclic amines) is 1. The molecule has 1 aliphatic heterocycles. The van der Waals surface area contributed by atoms with E-state index in [1.165, 1.54) is 18.2 Å². The van der Waals surface area contributed by atoms with Crippen molar-refractivity contribution in [3.63, 3.8) is 0 Å². The fourth-order valence-electron chi connectivity index (χ4n) is 4.58. The molecule has 3 aromatic carbocycles. The summed E-state index contributed by atoms with van der Waals surface area (Å²) in [6, 6.07) is 14.8. The van der Waals surface area contributed by atoms with E-state index in [0.29, 0.717) is 0 Å². The maximum absolute atomic E-state index is 14.1. The van der Waals surface area contributed by atoms with Crippen LogP contribution in [0.3, 0.4) is 0 Å². The molecule has 190 valence electrons. The molecule has 1 amide bonds. The van der Waals surface area contributed by atoms with E-state index in [2.05, 4.69) is 0 Å². The number of halogens is 4. The van der Waals surface area contributed by atoms with Crippen LogP contribution in [0.15, 0.2) is 83.8 Å². The standard InChI is InChI=1S/C25H21F4NO5S/c26-20-10-12-21(13-11-20)36(34,35)23(14-15-30(16-23)22(31)32)17-6-8-19(9-7-17)24(33,25(27,28)29)18-4-2-1-3-5-18/h1-13,33H,14-16H2,(H,31,32). The highest BCUT2D eigenvalue weighted by Gasteiger charge is 2.57. The van der Waals surface area contributed by atoms with E-state index in [9.17, 15) is 41.0 Å². The second kappa shape index (κ2) is 8.90. The lowest BCUT2D eigenvalue weighted by Gasteiger charge is -2.33. The zero-order valence-corrected chi connectivity index (χ0v) is 19.4. The van der Waals surface area contributed by atoms with Gasteiger partial charge in [-0.2, -0.15) is 13.2 Å². The Bertz CT molecular complexity index is 1360.